The molecule has 37 heavy (non-hydrogen) atoms. The minimum absolute atomic E-state index is 0.743. The van der Waals surface area contributed by atoms with E-state index in [9.17, 15) is 0 Å². The van der Waals surface area contributed by atoms with Gasteiger partial charge in [-0.2, -0.15) is 0 Å². The zero-order valence-corrected chi connectivity index (χ0v) is 21.4. The van der Waals surface area contributed by atoms with E-state index in [1.165, 1.54) is 16.7 Å². The molecule has 0 saturated heterocycles. The standard InChI is InChI=1S/C33H37N4/c1-4-13-31(14-5-1)19-10-22-34-24-25-36-27-30-37(28-12-21-33-17-8-3-9-18-33)29-26-35-23-11-20-32-15-6-2-7-16-32/h1-23,28,36H,24-27,29-30H2/q+1/b19-10+,20-11+,21-12+,34-22?,35-23?,37-28?. The first-order valence-electron chi connectivity index (χ1n) is 12.8. The molecule has 0 aliphatic rings. The van der Waals surface area contributed by atoms with Crippen molar-refractivity contribution < 1.29 is 4.58 Å². The molecule has 0 amide bonds. The average Bonchev–Trinajstić information content (AvgIpc) is 2.95. The maximum Gasteiger partial charge on any atom is 0.163 e. The van der Waals surface area contributed by atoms with Crippen molar-refractivity contribution in [3.8, 4) is 0 Å². The Morgan fingerprint density at radius 3 is 1.57 bits per heavy atom. The molecule has 4 nitrogen and oxygen atoms in total. The Balaban J connectivity index is 1.40. The molecule has 0 unspecified atom stereocenters. The van der Waals surface area contributed by atoms with Gasteiger partial charge in [0, 0.05) is 25.0 Å². The van der Waals surface area contributed by atoms with Gasteiger partial charge in [-0.3, -0.25) is 9.98 Å². The molecule has 0 fully saturated rings. The lowest BCUT2D eigenvalue weighted by Gasteiger charge is -2.03. The fraction of sp³-hybridized carbons (Fsp3) is 0.182. The zero-order chi connectivity index (χ0) is 25.6. The van der Waals surface area contributed by atoms with Crippen molar-refractivity contribution in [3.05, 3.63) is 126 Å². The van der Waals surface area contributed by atoms with Crippen LogP contribution >= 0.6 is 0 Å². The molecule has 1 N–H and O–H groups in total. The first kappa shape index (κ1) is 27.4. The quantitative estimate of drug-likeness (QED) is 0.160. The number of hydrogen-bond acceptors (Lipinski definition) is 3. The molecule has 0 atom stereocenters. The van der Waals surface area contributed by atoms with Crippen molar-refractivity contribution in [2.24, 2.45) is 9.98 Å². The molecule has 188 valence electrons. The van der Waals surface area contributed by atoms with E-state index in [-0.39, 0.29) is 0 Å². The summed E-state index contributed by atoms with van der Waals surface area (Å²) in [5, 5.41) is 3.49. The molecule has 3 rings (SSSR count). The number of nitrogens with one attached hydrogen (secondary N) is 1. The predicted octanol–water partition coefficient (Wildman–Crippen LogP) is 5.94. The molecule has 0 saturated carbocycles. The van der Waals surface area contributed by atoms with E-state index in [1.54, 1.807) is 0 Å². The van der Waals surface area contributed by atoms with Gasteiger partial charge in [-0.15, -0.1) is 0 Å². The number of benzene rings is 3. The second kappa shape index (κ2) is 18.2. The van der Waals surface area contributed by atoms with E-state index < -0.39 is 0 Å². The summed E-state index contributed by atoms with van der Waals surface area (Å²) in [5.74, 6) is 0. The SMILES string of the molecule is C(/C=C/c1ccccc1)=NCCNCC[N+](=C/C=C/c1ccccc1)CCN=C/C=C/c1ccccc1. The van der Waals surface area contributed by atoms with Crippen LogP contribution in [0.1, 0.15) is 16.7 Å². The number of hydrogen-bond donors (Lipinski definition) is 1. The van der Waals surface area contributed by atoms with Crippen LogP contribution < -0.4 is 5.32 Å². The largest absolute Gasteiger partial charge is 0.309 e. The van der Waals surface area contributed by atoms with Crippen molar-refractivity contribution in [2.75, 3.05) is 39.3 Å². The fourth-order valence-electron chi connectivity index (χ4n) is 3.49. The Morgan fingerprint density at radius 1 is 0.541 bits per heavy atom. The fourth-order valence-corrected chi connectivity index (χ4v) is 3.49. The molecule has 0 aromatic heterocycles. The van der Waals surface area contributed by atoms with Crippen LogP contribution in [0.15, 0.2) is 119 Å². The highest BCUT2D eigenvalue weighted by molar-refractivity contribution is 5.78. The van der Waals surface area contributed by atoms with Gasteiger partial charge in [0.15, 0.2) is 19.3 Å². The summed E-state index contributed by atoms with van der Waals surface area (Å²) in [7, 11) is 0. The number of rotatable bonds is 15. The molecule has 0 aliphatic carbocycles. The summed E-state index contributed by atoms with van der Waals surface area (Å²) < 4.78 is 2.30. The molecule has 0 aliphatic heterocycles. The van der Waals surface area contributed by atoms with Gasteiger partial charge in [0.2, 0.25) is 0 Å². The van der Waals surface area contributed by atoms with Gasteiger partial charge in [-0.05, 0) is 34.9 Å². The Kier molecular flexibility index (Phi) is 13.5. The molecule has 0 spiro atoms. The third-order valence-electron chi connectivity index (χ3n) is 5.45. The van der Waals surface area contributed by atoms with Crippen LogP contribution in [-0.4, -0.2) is 62.5 Å². The van der Waals surface area contributed by atoms with Gasteiger partial charge in [0.25, 0.3) is 0 Å². The van der Waals surface area contributed by atoms with Crippen LogP contribution in [0.4, 0.5) is 0 Å². The van der Waals surface area contributed by atoms with E-state index in [0.717, 1.165) is 39.3 Å². The maximum atomic E-state index is 4.56. The second-order valence-electron chi connectivity index (χ2n) is 8.35. The lowest BCUT2D eigenvalue weighted by atomic mass is 10.2. The monoisotopic (exact) mass is 489 g/mol. The molecule has 3 aromatic carbocycles. The molecule has 0 heterocycles. The average molecular weight is 490 g/mol. The van der Waals surface area contributed by atoms with Gasteiger partial charge >= 0.3 is 0 Å². The van der Waals surface area contributed by atoms with Crippen LogP contribution in [0.3, 0.4) is 0 Å². The van der Waals surface area contributed by atoms with E-state index in [0.29, 0.717) is 0 Å². The number of nitrogens with zero attached hydrogens (tertiary/aromatic N) is 3. The Labute approximate surface area is 221 Å². The van der Waals surface area contributed by atoms with Gasteiger partial charge < -0.3 is 5.32 Å². The number of allylic oxidation sites excluding steroid dienone is 3. The van der Waals surface area contributed by atoms with Crippen LogP contribution in [0.25, 0.3) is 18.2 Å². The summed E-state index contributed by atoms with van der Waals surface area (Å²) >= 11 is 0. The van der Waals surface area contributed by atoms with E-state index >= 15 is 0 Å². The van der Waals surface area contributed by atoms with E-state index in [1.807, 2.05) is 67.0 Å². The lowest BCUT2D eigenvalue weighted by Crippen LogP contribution is -2.29. The van der Waals surface area contributed by atoms with Crippen molar-refractivity contribution in [2.45, 2.75) is 0 Å². The van der Waals surface area contributed by atoms with Crippen molar-refractivity contribution >= 4 is 36.9 Å². The van der Waals surface area contributed by atoms with Gasteiger partial charge in [0.1, 0.15) is 0 Å². The van der Waals surface area contributed by atoms with Crippen LogP contribution in [-0.2, 0) is 0 Å². The van der Waals surface area contributed by atoms with E-state index in [4.69, 9.17) is 0 Å². The number of aliphatic imine (C=N–C) groups is 2. The first-order chi connectivity index (χ1) is 18.4. The predicted molar refractivity (Wildman–Crippen MR) is 162 cm³/mol. The highest BCUT2D eigenvalue weighted by Gasteiger charge is 2.01. The van der Waals surface area contributed by atoms with Gasteiger partial charge in [-0.25, -0.2) is 4.58 Å². The Bertz CT molecular complexity index is 1170. The maximum absolute atomic E-state index is 4.56. The zero-order valence-electron chi connectivity index (χ0n) is 21.4. The molecule has 0 bridgehead atoms. The van der Waals surface area contributed by atoms with Gasteiger partial charge in [0.05, 0.1) is 19.6 Å². The highest BCUT2D eigenvalue weighted by atomic mass is 15.0. The molecular formula is C33H37N4+. The Morgan fingerprint density at radius 2 is 1.03 bits per heavy atom. The van der Waals surface area contributed by atoms with Crippen LogP contribution in [0.2, 0.25) is 0 Å². The smallest absolute Gasteiger partial charge is 0.163 e. The van der Waals surface area contributed by atoms with Crippen molar-refractivity contribution in [3.63, 3.8) is 0 Å². The van der Waals surface area contributed by atoms with Crippen molar-refractivity contribution in [1.29, 1.82) is 0 Å². The summed E-state index contributed by atoms with van der Waals surface area (Å²) in [5.41, 5.74) is 3.55. The summed E-state index contributed by atoms with van der Waals surface area (Å²) in [6.07, 6.45) is 18.3. The minimum atomic E-state index is 0.743. The van der Waals surface area contributed by atoms with Crippen molar-refractivity contribution in [1.82, 2.24) is 5.32 Å². The summed E-state index contributed by atoms with van der Waals surface area (Å²) in [4.78, 5) is 9.01. The Hall–Kier alpha value is -4.15. The third-order valence-corrected chi connectivity index (χ3v) is 5.45. The first-order valence-corrected chi connectivity index (χ1v) is 12.8. The molecule has 0 radical (unpaired) electrons. The summed E-state index contributed by atoms with van der Waals surface area (Å²) in [6, 6.07) is 30.9. The summed E-state index contributed by atoms with van der Waals surface area (Å²) in [6.45, 7) is 5.02. The second-order valence-corrected chi connectivity index (χ2v) is 8.35. The molecular weight excluding hydrogens is 452 g/mol. The van der Waals surface area contributed by atoms with Crippen LogP contribution in [0.5, 0.6) is 0 Å². The normalized spacial score (nSPS) is 12.7. The van der Waals surface area contributed by atoms with Crippen LogP contribution in [0, 0.1) is 0 Å². The third kappa shape index (κ3) is 12.9. The molecule has 3 aromatic rings. The lowest BCUT2D eigenvalue weighted by molar-refractivity contribution is -0.518. The van der Waals surface area contributed by atoms with Gasteiger partial charge in [-0.1, -0.05) is 103 Å². The van der Waals surface area contributed by atoms with E-state index in [2.05, 4.69) is 98.9 Å². The molecule has 4 heteroatoms. The minimum Gasteiger partial charge on any atom is -0.309 e. The topological polar surface area (TPSA) is 39.8 Å². The highest BCUT2D eigenvalue weighted by Crippen LogP contribution is 2.01.